The summed E-state index contributed by atoms with van der Waals surface area (Å²) in [5.74, 6) is 0.808. The molecule has 0 radical (unpaired) electrons. The number of hydrogen-bond donors (Lipinski definition) is 1. The molecule has 1 fully saturated rings. The first-order valence-corrected chi connectivity index (χ1v) is 6.69. The van der Waals surface area contributed by atoms with Crippen molar-refractivity contribution in [3.05, 3.63) is 23.9 Å². The Kier molecular flexibility index (Phi) is 2.58. The highest BCUT2D eigenvalue weighted by molar-refractivity contribution is 5.77. The number of nitrogens with zero attached hydrogens (tertiary/aromatic N) is 1. The number of fused-ring (bicyclic) bond motifs is 1. The SMILES string of the molecule is CC(C)(C)c1cc2cc[nH]c2nc1OC1CCC1. The third-order valence-corrected chi connectivity index (χ3v) is 3.64. The molecule has 0 bridgehead atoms. The van der Waals surface area contributed by atoms with Gasteiger partial charge in [0, 0.05) is 17.1 Å². The van der Waals surface area contributed by atoms with Crippen LogP contribution >= 0.6 is 0 Å². The molecule has 18 heavy (non-hydrogen) atoms. The first-order valence-electron chi connectivity index (χ1n) is 6.69. The van der Waals surface area contributed by atoms with Crippen molar-refractivity contribution in [2.75, 3.05) is 0 Å². The van der Waals surface area contributed by atoms with Crippen LogP contribution in [0.1, 0.15) is 45.6 Å². The fourth-order valence-electron chi connectivity index (χ4n) is 2.24. The van der Waals surface area contributed by atoms with Crippen LogP contribution in [0.4, 0.5) is 0 Å². The second-order valence-electron chi connectivity index (χ2n) is 6.18. The third kappa shape index (κ3) is 1.98. The smallest absolute Gasteiger partial charge is 0.219 e. The van der Waals surface area contributed by atoms with Gasteiger partial charge in [-0.15, -0.1) is 0 Å². The summed E-state index contributed by atoms with van der Waals surface area (Å²) in [4.78, 5) is 7.80. The van der Waals surface area contributed by atoms with Crippen molar-refractivity contribution in [1.29, 1.82) is 0 Å². The van der Waals surface area contributed by atoms with Crippen LogP contribution < -0.4 is 4.74 Å². The molecule has 3 rings (SSSR count). The van der Waals surface area contributed by atoms with E-state index in [0.717, 1.165) is 29.8 Å². The van der Waals surface area contributed by atoms with Gasteiger partial charge in [0.2, 0.25) is 5.88 Å². The normalized spacial score (nSPS) is 16.8. The molecule has 0 amide bonds. The van der Waals surface area contributed by atoms with Crippen LogP contribution in [0.15, 0.2) is 18.3 Å². The van der Waals surface area contributed by atoms with Crippen LogP contribution in [-0.4, -0.2) is 16.1 Å². The van der Waals surface area contributed by atoms with E-state index in [4.69, 9.17) is 4.74 Å². The second-order valence-corrected chi connectivity index (χ2v) is 6.18. The lowest BCUT2D eigenvalue weighted by Crippen LogP contribution is -2.27. The maximum atomic E-state index is 6.05. The molecule has 0 unspecified atom stereocenters. The molecular weight excluding hydrogens is 224 g/mol. The lowest BCUT2D eigenvalue weighted by molar-refractivity contribution is 0.112. The predicted octanol–water partition coefficient (Wildman–Crippen LogP) is 3.79. The monoisotopic (exact) mass is 244 g/mol. The van der Waals surface area contributed by atoms with Crippen LogP contribution in [0.5, 0.6) is 5.88 Å². The molecule has 1 saturated carbocycles. The van der Waals surface area contributed by atoms with Gasteiger partial charge < -0.3 is 9.72 Å². The number of rotatable bonds is 2. The lowest BCUT2D eigenvalue weighted by atomic mass is 9.87. The minimum Gasteiger partial charge on any atom is -0.474 e. The summed E-state index contributed by atoms with van der Waals surface area (Å²) in [6.45, 7) is 6.61. The van der Waals surface area contributed by atoms with Crippen molar-refractivity contribution in [2.45, 2.75) is 51.6 Å². The fraction of sp³-hybridized carbons (Fsp3) is 0.533. The molecule has 1 aliphatic rings. The lowest BCUT2D eigenvalue weighted by Gasteiger charge is -2.29. The number of aromatic nitrogens is 2. The summed E-state index contributed by atoms with van der Waals surface area (Å²) >= 11 is 0. The number of H-pyrrole nitrogens is 1. The Labute approximate surface area is 108 Å². The fourth-order valence-corrected chi connectivity index (χ4v) is 2.24. The highest BCUT2D eigenvalue weighted by Gasteiger charge is 2.26. The zero-order valence-corrected chi connectivity index (χ0v) is 11.3. The predicted molar refractivity (Wildman–Crippen MR) is 73.1 cm³/mol. The maximum absolute atomic E-state index is 6.05. The van der Waals surface area contributed by atoms with Gasteiger partial charge in [0.1, 0.15) is 11.8 Å². The van der Waals surface area contributed by atoms with E-state index in [1.54, 1.807) is 0 Å². The van der Waals surface area contributed by atoms with Gasteiger partial charge >= 0.3 is 0 Å². The summed E-state index contributed by atoms with van der Waals surface area (Å²) in [7, 11) is 0. The average Bonchev–Trinajstić information content (AvgIpc) is 2.67. The van der Waals surface area contributed by atoms with Crippen LogP contribution in [-0.2, 0) is 5.41 Å². The molecule has 2 aromatic rings. The van der Waals surface area contributed by atoms with Gasteiger partial charge in [-0.1, -0.05) is 20.8 Å². The Morgan fingerprint density at radius 2 is 2.11 bits per heavy atom. The van der Waals surface area contributed by atoms with Gasteiger partial charge in [0.15, 0.2) is 0 Å². The minimum atomic E-state index is 0.0531. The number of ether oxygens (including phenoxy) is 1. The molecule has 1 N–H and O–H groups in total. The standard InChI is InChI=1S/C15H20N2O/c1-15(2,3)12-9-10-7-8-16-13(10)17-14(12)18-11-5-4-6-11/h7-9,11H,4-6H2,1-3H3,(H,16,17). The van der Waals surface area contributed by atoms with E-state index in [2.05, 4.69) is 42.9 Å². The number of pyridine rings is 1. The number of nitrogens with one attached hydrogen (secondary N) is 1. The van der Waals surface area contributed by atoms with E-state index in [0.29, 0.717) is 6.10 Å². The van der Waals surface area contributed by atoms with Crippen molar-refractivity contribution in [3.8, 4) is 5.88 Å². The molecular formula is C15H20N2O. The number of hydrogen-bond acceptors (Lipinski definition) is 2. The molecule has 0 aliphatic heterocycles. The van der Waals surface area contributed by atoms with Crippen molar-refractivity contribution in [1.82, 2.24) is 9.97 Å². The molecule has 3 heteroatoms. The summed E-state index contributed by atoms with van der Waals surface area (Å²) < 4.78 is 6.05. The maximum Gasteiger partial charge on any atom is 0.219 e. The van der Waals surface area contributed by atoms with Crippen LogP contribution in [0.3, 0.4) is 0 Å². The second kappa shape index (κ2) is 4.01. The summed E-state index contributed by atoms with van der Waals surface area (Å²) in [6.07, 6.45) is 5.89. The van der Waals surface area contributed by atoms with Gasteiger partial charge in [-0.3, -0.25) is 0 Å². The van der Waals surface area contributed by atoms with Gasteiger partial charge in [-0.05, 0) is 36.8 Å². The zero-order valence-electron chi connectivity index (χ0n) is 11.3. The van der Waals surface area contributed by atoms with Crippen molar-refractivity contribution in [3.63, 3.8) is 0 Å². The van der Waals surface area contributed by atoms with Gasteiger partial charge in [-0.25, -0.2) is 0 Å². The van der Waals surface area contributed by atoms with Crippen LogP contribution in [0, 0.1) is 0 Å². The Bertz CT molecular complexity index is 561. The Morgan fingerprint density at radius 1 is 1.33 bits per heavy atom. The van der Waals surface area contributed by atoms with E-state index < -0.39 is 0 Å². The topological polar surface area (TPSA) is 37.9 Å². The summed E-state index contributed by atoms with van der Waals surface area (Å²) in [6, 6.07) is 4.26. The molecule has 3 nitrogen and oxygen atoms in total. The van der Waals surface area contributed by atoms with E-state index in [1.807, 2.05) is 6.20 Å². The summed E-state index contributed by atoms with van der Waals surface area (Å²) in [5.41, 5.74) is 2.16. The molecule has 0 atom stereocenters. The molecule has 2 heterocycles. The molecule has 0 aromatic carbocycles. The van der Waals surface area contributed by atoms with E-state index in [-0.39, 0.29) is 5.41 Å². The Balaban J connectivity index is 2.06. The van der Waals surface area contributed by atoms with Gasteiger partial charge in [0.05, 0.1) is 0 Å². The molecule has 0 spiro atoms. The molecule has 0 saturated heterocycles. The van der Waals surface area contributed by atoms with E-state index >= 15 is 0 Å². The number of aromatic amines is 1. The average molecular weight is 244 g/mol. The highest BCUT2D eigenvalue weighted by Crippen LogP contribution is 2.35. The van der Waals surface area contributed by atoms with Crippen molar-refractivity contribution in [2.24, 2.45) is 0 Å². The Hall–Kier alpha value is -1.51. The molecule has 2 aromatic heterocycles. The first-order chi connectivity index (χ1) is 8.54. The summed E-state index contributed by atoms with van der Waals surface area (Å²) in [5, 5.41) is 1.15. The third-order valence-electron chi connectivity index (χ3n) is 3.64. The Morgan fingerprint density at radius 3 is 2.72 bits per heavy atom. The van der Waals surface area contributed by atoms with Crippen LogP contribution in [0.25, 0.3) is 11.0 Å². The quantitative estimate of drug-likeness (QED) is 0.872. The van der Waals surface area contributed by atoms with Gasteiger partial charge in [-0.2, -0.15) is 4.98 Å². The zero-order chi connectivity index (χ0) is 12.8. The van der Waals surface area contributed by atoms with E-state index in [9.17, 15) is 0 Å². The van der Waals surface area contributed by atoms with Crippen LogP contribution in [0.2, 0.25) is 0 Å². The van der Waals surface area contributed by atoms with Crippen molar-refractivity contribution < 1.29 is 4.74 Å². The molecule has 1 aliphatic carbocycles. The minimum absolute atomic E-state index is 0.0531. The molecule has 96 valence electrons. The largest absolute Gasteiger partial charge is 0.474 e. The van der Waals surface area contributed by atoms with Gasteiger partial charge in [0.25, 0.3) is 0 Å². The highest BCUT2D eigenvalue weighted by atomic mass is 16.5. The first kappa shape index (κ1) is 11.6. The van der Waals surface area contributed by atoms with Crippen molar-refractivity contribution >= 4 is 11.0 Å². The van der Waals surface area contributed by atoms with E-state index in [1.165, 1.54) is 12.0 Å².